The van der Waals surface area contributed by atoms with Gasteiger partial charge in [0.25, 0.3) is 0 Å². The molecule has 0 aromatic carbocycles. The van der Waals surface area contributed by atoms with Crippen molar-refractivity contribution in [1.82, 2.24) is 9.88 Å². The van der Waals surface area contributed by atoms with Crippen molar-refractivity contribution in [2.45, 2.75) is 19.0 Å². The molecule has 128 valence electrons. The zero-order valence-corrected chi connectivity index (χ0v) is 12.8. The van der Waals surface area contributed by atoms with Gasteiger partial charge in [-0.05, 0) is 25.0 Å². The third kappa shape index (κ3) is 4.82. The number of hydrogen-bond donors (Lipinski definition) is 0. The highest BCUT2D eigenvalue weighted by Crippen LogP contribution is 2.34. The number of carbonyl (C=O) groups excluding carboxylic acids is 1. The van der Waals surface area contributed by atoms with Crippen LogP contribution in [0.3, 0.4) is 0 Å². The molecule has 1 atom stereocenters. The summed E-state index contributed by atoms with van der Waals surface area (Å²) >= 11 is 0. The Balaban J connectivity index is 1.95. The molecule has 1 unspecified atom stereocenters. The molecular formula is C15H19F3N2O3. The third-order valence-corrected chi connectivity index (χ3v) is 3.67. The molecule has 2 heterocycles. The molecule has 8 heteroatoms. The highest BCUT2D eigenvalue weighted by Gasteiger charge is 2.35. The zero-order valence-electron chi connectivity index (χ0n) is 12.8. The number of likely N-dealkylation sites (tertiary alicyclic amines) is 1. The van der Waals surface area contributed by atoms with Gasteiger partial charge in [0.2, 0.25) is 11.8 Å². The second kappa shape index (κ2) is 7.63. The molecule has 1 aliphatic heterocycles. The molecule has 0 aliphatic carbocycles. The Bertz CT molecular complexity index is 537. The Morgan fingerprint density at radius 2 is 2.26 bits per heavy atom. The zero-order chi connectivity index (χ0) is 16.9. The Labute approximate surface area is 132 Å². The monoisotopic (exact) mass is 332 g/mol. The Morgan fingerprint density at radius 3 is 2.96 bits per heavy atom. The van der Waals surface area contributed by atoms with E-state index in [0.29, 0.717) is 13.1 Å². The number of pyridine rings is 1. The molecule has 5 nitrogen and oxygen atoms in total. The van der Waals surface area contributed by atoms with Crippen LogP contribution in [-0.2, 0) is 15.7 Å². The molecule has 23 heavy (non-hydrogen) atoms. The number of ether oxygens (including phenoxy) is 2. The minimum absolute atomic E-state index is 0.00599. The van der Waals surface area contributed by atoms with Crippen molar-refractivity contribution in [3.63, 3.8) is 0 Å². The summed E-state index contributed by atoms with van der Waals surface area (Å²) < 4.78 is 48.7. The summed E-state index contributed by atoms with van der Waals surface area (Å²) in [5.41, 5.74) is -0.886. The van der Waals surface area contributed by atoms with Gasteiger partial charge in [0.1, 0.15) is 12.2 Å². The van der Waals surface area contributed by atoms with Gasteiger partial charge >= 0.3 is 6.18 Å². The van der Waals surface area contributed by atoms with E-state index < -0.39 is 17.6 Å². The van der Waals surface area contributed by atoms with E-state index in [1.54, 1.807) is 4.90 Å². The van der Waals surface area contributed by atoms with Crippen LogP contribution in [0.15, 0.2) is 18.3 Å². The molecule has 0 bridgehead atoms. The Morgan fingerprint density at radius 1 is 1.48 bits per heavy atom. The first-order chi connectivity index (χ1) is 10.9. The van der Waals surface area contributed by atoms with E-state index in [-0.39, 0.29) is 25.0 Å². The van der Waals surface area contributed by atoms with Gasteiger partial charge in [0.15, 0.2) is 0 Å². The molecule has 1 fully saturated rings. The summed E-state index contributed by atoms with van der Waals surface area (Å²) in [6, 6.07) is 2.17. The minimum Gasteiger partial charge on any atom is -0.477 e. The van der Waals surface area contributed by atoms with Gasteiger partial charge < -0.3 is 14.4 Å². The highest BCUT2D eigenvalue weighted by molar-refractivity contribution is 5.77. The van der Waals surface area contributed by atoms with E-state index in [9.17, 15) is 18.0 Å². The van der Waals surface area contributed by atoms with E-state index in [1.807, 2.05) is 0 Å². The van der Waals surface area contributed by atoms with Crippen molar-refractivity contribution in [3.05, 3.63) is 23.9 Å². The van der Waals surface area contributed by atoms with E-state index in [4.69, 9.17) is 9.47 Å². The molecule has 2 rings (SSSR count). The van der Waals surface area contributed by atoms with Gasteiger partial charge in [-0.3, -0.25) is 4.79 Å². The van der Waals surface area contributed by atoms with Gasteiger partial charge in [-0.25, -0.2) is 4.98 Å². The van der Waals surface area contributed by atoms with Gasteiger partial charge in [-0.2, -0.15) is 13.2 Å². The number of methoxy groups -OCH3 is 1. The van der Waals surface area contributed by atoms with Crippen LogP contribution >= 0.6 is 0 Å². The smallest absolute Gasteiger partial charge is 0.421 e. The van der Waals surface area contributed by atoms with Gasteiger partial charge in [-0.15, -0.1) is 0 Å². The van der Waals surface area contributed by atoms with Crippen LogP contribution < -0.4 is 4.74 Å². The standard InChI is InChI=1S/C15H19F3N2O3/c1-22-10-13(21)20-7-3-4-11(8-20)9-23-14-12(15(16,17)18)5-2-6-19-14/h2,5-6,11H,3-4,7-10H2,1H3. The van der Waals surface area contributed by atoms with Crippen LogP contribution in [0.2, 0.25) is 0 Å². The number of hydrogen-bond acceptors (Lipinski definition) is 4. The molecule has 0 N–H and O–H groups in total. The summed E-state index contributed by atoms with van der Waals surface area (Å²) in [6.07, 6.45) is -1.65. The normalized spacial score (nSPS) is 18.8. The first kappa shape index (κ1) is 17.5. The molecule has 1 aliphatic rings. The summed E-state index contributed by atoms with van der Waals surface area (Å²) in [4.78, 5) is 17.1. The topological polar surface area (TPSA) is 51.7 Å². The maximum Gasteiger partial charge on any atom is 0.421 e. The maximum absolute atomic E-state index is 12.9. The summed E-state index contributed by atoms with van der Waals surface area (Å²) in [7, 11) is 1.45. The lowest BCUT2D eigenvalue weighted by Crippen LogP contribution is -2.43. The summed E-state index contributed by atoms with van der Waals surface area (Å²) in [5.74, 6) is -0.556. The first-order valence-electron chi connectivity index (χ1n) is 7.33. The van der Waals surface area contributed by atoms with Crippen LogP contribution in [-0.4, -0.2) is 49.2 Å². The van der Waals surface area contributed by atoms with Gasteiger partial charge in [-0.1, -0.05) is 0 Å². The van der Waals surface area contributed by atoms with Crippen molar-refractivity contribution in [2.24, 2.45) is 5.92 Å². The lowest BCUT2D eigenvalue weighted by molar-refractivity contribution is -0.139. The number of carbonyl (C=O) groups is 1. The van der Waals surface area contributed by atoms with Gasteiger partial charge in [0, 0.05) is 32.3 Å². The van der Waals surface area contributed by atoms with Crippen LogP contribution in [0.5, 0.6) is 5.88 Å². The predicted octanol–water partition coefficient (Wildman–Crippen LogP) is 2.36. The average molecular weight is 332 g/mol. The molecule has 0 radical (unpaired) electrons. The number of aromatic nitrogens is 1. The molecule has 1 amide bonds. The van der Waals surface area contributed by atoms with E-state index >= 15 is 0 Å². The number of halogens is 3. The first-order valence-corrected chi connectivity index (χ1v) is 7.33. The molecule has 0 spiro atoms. The van der Waals surface area contributed by atoms with Crippen molar-refractivity contribution in [1.29, 1.82) is 0 Å². The van der Waals surface area contributed by atoms with Crippen LogP contribution in [0.4, 0.5) is 13.2 Å². The highest BCUT2D eigenvalue weighted by atomic mass is 19.4. The van der Waals surface area contributed by atoms with E-state index in [2.05, 4.69) is 4.98 Å². The Kier molecular flexibility index (Phi) is 5.81. The second-order valence-corrected chi connectivity index (χ2v) is 5.45. The minimum atomic E-state index is -4.50. The van der Waals surface area contributed by atoms with Crippen LogP contribution in [0.1, 0.15) is 18.4 Å². The number of alkyl halides is 3. The SMILES string of the molecule is COCC(=O)N1CCCC(COc2ncccc2C(F)(F)F)C1. The largest absolute Gasteiger partial charge is 0.477 e. The average Bonchev–Trinajstić information content (AvgIpc) is 2.53. The van der Waals surface area contributed by atoms with E-state index in [1.165, 1.54) is 19.4 Å². The fraction of sp³-hybridized carbons (Fsp3) is 0.600. The van der Waals surface area contributed by atoms with Gasteiger partial charge in [0.05, 0.1) is 6.61 Å². The molecule has 1 aromatic heterocycles. The second-order valence-electron chi connectivity index (χ2n) is 5.45. The Hall–Kier alpha value is -1.83. The van der Waals surface area contributed by atoms with Crippen molar-refractivity contribution in [2.75, 3.05) is 33.4 Å². The van der Waals surface area contributed by atoms with Crippen molar-refractivity contribution in [3.8, 4) is 5.88 Å². The summed E-state index contributed by atoms with van der Waals surface area (Å²) in [5, 5.41) is 0. The number of nitrogens with zero attached hydrogens (tertiary/aromatic N) is 2. The fourth-order valence-electron chi connectivity index (χ4n) is 2.56. The predicted molar refractivity (Wildman–Crippen MR) is 75.9 cm³/mol. The molecule has 0 saturated carbocycles. The number of rotatable bonds is 5. The lowest BCUT2D eigenvalue weighted by Gasteiger charge is -2.32. The molecule has 1 aromatic rings. The summed E-state index contributed by atoms with van der Waals surface area (Å²) in [6.45, 7) is 1.19. The molecule has 1 saturated heterocycles. The lowest BCUT2D eigenvalue weighted by atomic mass is 9.99. The third-order valence-electron chi connectivity index (χ3n) is 3.67. The van der Waals surface area contributed by atoms with Crippen molar-refractivity contribution >= 4 is 5.91 Å². The van der Waals surface area contributed by atoms with E-state index in [0.717, 1.165) is 18.9 Å². The fourth-order valence-corrected chi connectivity index (χ4v) is 2.56. The van der Waals surface area contributed by atoms with Crippen LogP contribution in [0, 0.1) is 5.92 Å². The molecular weight excluding hydrogens is 313 g/mol. The quantitative estimate of drug-likeness (QED) is 0.831. The maximum atomic E-state index is 12.9. The number of piperidine rings is 1. The van der Waals surface area contributed by atoms with Crippen LogP contribution in [0.25, 0.3) is 0 Å². The number of amides is 1. The van der Waals surface area contributed by atoms with Crippen molar-refractivity contribution < 1.29 is 27.4 Å².